The van der Waals surface area contributed by atoms with Crippen LogP contribution in [0.3, 0.4) is 0 Å². The topological polar surface area (TPSA) is 92.9 Å². The Balaban J connectivity index is 1.35. The number of nitrogens with zero attached hydrogens (tertiary/aromatic N) is 7. The molecular formula is C26H29N9. The van der Waals surface area contributed by atoms with E-state index in [9.17, 15) is 0 Å². The second-order valence-corrected chi connectivity index (χ2v) is 9.59. The minimum absolute atomic E-state index is 0.736. The molecule has 0 saturated carbocycles. The maximum Gasteiger partial charge on any atom is 0.159 e. The summed E-state index contributed by atoms with van der Waals surface area (Å²) in [5, 5.41) is 8.54. The number of pyridine rings is 2. The van der Waals surface area contributed by atoms with Crippen molar-refractivity contribution in [3.63, 3.8) is 0 Å². The van der Waals surface area contributed by atoms with Gasteiger partial charge in [0.1, 0.15) is 5.69 Å². The Hall–Kier alpha value is -3.82. The standard InChI is InChI=1S/C26H29N9/c1-33(2)16-17-10-18(14-27-13-17)19-11-21-24(31-32-25(21)28-15-19)26-29-22-5-4-20(12-23(22)30-26)35-8-6-34(3)7-9-35/h4-5,10-15H,6-9,16H2,1-3H3,(H,29,30)(H,28,31,32). The van der Waals surface area contributed by atoms with E-state index in [1.807, 2.05) is 18.6 Å². The average molecular weight is 468 g/mol. The largest absolute Gasteiger partial charge is 0.369 e. The molecule has 5 heterocycles. The first-order chi connectivity index (χ1) is 17.0. The molecule has 0 spiro atoms. The second-order valence-electron chi connectivity index (χ2n) is 9.59. The summed E-state index contributed by atoms with van der Waals surface area (Å²) in [5.74, 6) is 0.736. The highest BCUT2D eigenvalue weighted by Crippen LogP contribution is 2.30. The summed E-state index contributed by atoms with van der Waals surface area (Å²) >= 11 is 0. The second kappa shape index (κ2) is 8.75. The Morgan fingerprint density at radius 1 is 0.971 bits per heavy atom. The number of aromatic amines is 2. The molecule has 178 valence electrons. The number of benzene rings is 1. The summed E-state index contributed by atoms with van der Waals surface area (Å²) in [5.41, 5.74) is 7.85. The molecule has 0 atom stereocenters. The van der Waals surface area contributed by atoms with Gasteiger partial charge in [-0.15, -0.1) is 0 Å². The number of H-pyrrole nitrogens is 2. The normalized spacial score (nSPS) is 15.0. The van der Waals surface area contributed by atoms with Crippen LogP contribution in [-0.2, 0) is 6.54 Å². The van der Waals surface area contributed by atoms with Crippen molar-refractivity contribution in [1.29, 1.82) is 0 Å². The molecule has 6 rings (SSSR count). The highest BCUT2D eigenvalue weighted by molar-refractivity contribution is 5.93. The number of nitrogens with one attached hydrogen (secondary N) is 2. The lowest BCUT2D eigenvalue weighted by atomic mass is 10.1. The fourth-order valence-electron chi connectivity index (χ4n) is 4.71. The van der Waals surface area contributed by atoms with E-state index >= 15 is 0 Å². The van der Waals surface area contributed by atoms with Crippen molar-refractivity contribution in [2.24, 2.45) is 0 Å². The molecule has 0 radical (unpaired) electrons. The van der Waals surface area contributed by atoms with Crippen molar-refractivity contribution in [2.45, 2.75) is 6.54 Å². The number of hydrogen-bond donors (Lipinski definition) is 2. The Morgan fingerprint density at radius 2 is 1.80 bits per heavy atom. The lowest BCUT2D eigenvalue weighted by molar-refractivity contribution is 0.313. The summed E-state index contributed by atoms with van der Waals surface area (Å²) < 4.78 is 0. The van der Waals surface area contributed by atoms with Gasteiger partial charge < -0.3 is 19.7 Å². The van der Waals surface area contributed by atoms with Crippen LogP contribution in [0.15, 0.2) is 48.9 Å². The number of fused-ring (bicyclic) bond motifs is 2. The number of hydrogen-bond acceptors (Lipinski definition) is 7. The first kappa shape index (κ1) is 21.7. The molecule has 9 nitrogen and oxygen atoms in total. The maximum atomic E-state index is 4.90. The molecule has 1 aliphatic rings. The van der Waals surface area contributed by atoms with Crippen molar-refractivity contribution in [2.75, 3.05) is 52.2 Å². The zero-order valence-corrected chi connectivity index (χ0v) is 20.3. The number of likely N-dealkylation sites (N-methyl/N-ethyl adjacent to an activating group) is 1. The molecular weight excluding hydrogens is 438 g/mol. The van der Waals surface area contributed by atoms with Gasteiger partial charge in [0.15, 0.2) is 11.5 Å². The van der Waals surface area contributed by atoms with E-state index in [0.29, 0.717) is 0 Å². The molecule has 0 aliphatic carbocycles. The van der Waals surface area contributed by atoms with E-state index < -0.39 is 0 Å². The Bertz CT molecular complexity index is 1490. The minimum Gasteiger partial charge on any atom is -0.369 e. The lowest BCUT2D eigenvalue weighted by Gasteiger charge is -2.34. The highest BCUT2D eigenvalue weighted by Gasteiger charge is 2.18. The van der Waals surface area contributed by atoms with Crippen LogP contribution in [-0.4, -0.2) is 87.3 Å². The van der Waals surface area contributed by atoms with Crippen LogP contribution >= 0.6 is 0 Å². The molecule has 2 N–H and O–H groups in total. The van der Waals surface area contributed by atoms with E-state index in [2.05, 4.69) is 91.3 Å². The van der Waals surface area contributed by atoms with E-state index in [4.69, 9.17) is 4.98 Å². The van der Waals surface area contributed by atoms with E-state index in [1.165, 1.54) is 5.69 Å². The van der Waals surface area contributed by atoms with Crippen molar-refractivity contribution in [3.8, 4) is 22.6 Å². The monoisotopic (exact) mass is 467 g/mol. The number of piperazine rings is 1. The van der Waals surface area contributed by atoms with Crippen molar-refractivity contribution < 1.29 is 0 Å². The van der Waals surface area contributed by atoms with Gasteiger partial charge >= 0.3 is 0 Å². The number of aromatic nitrogens is 6. The van der Waals surface area contributed by atoms with Gasteiger partial charge in [0.25, 0.3) is 0 Å². The molecule has 0 bridgehead atoms. The first-order valence-corrected chi connectivity index (χ1v) is 11.9. The van der Waals surface area contributed by atoms with Gasteiger partial charge in [-0.05, 0) is 57.0 Å². The van der Waals surface area contributed by atoms with Gasteiger partial charge in [0.2, 0.25) is 0 Å². The van der Waals surface area contributed by atoms with Crippen LogP contribution in [0.4, 0.5) is 5.69 Å². The molecule has 1 fully saturated rings. The molecule has 1 aromatic carbocycles. The van der Waals surface area contributed by atoms with Gasteiger partial charge in [-0.1, -0.05) is 0 Å². The average Bonchev–Trinajstić information content (AvgIpc) is 3.47. The summed E-state index contributed by atoms with van der Waals surface area (Å²) in [6.45, 7) is 5.05. The molecule has 1 aliphatic heterocycles. The van der Waals surface area contributed by atoms with E-state index in [0.717, 1.165) is 83.0 Å². The molecule has 4 aromatic heterocycles. The van der Waals surface area contributed by atoms with E-state index in [-0.39, 0.29) is 0 Å². The minimum atomic E-state index is 0.736. The Labute approximate surface area is 203 Å². The van der Waals surface area contributed by atoms with Crippen LogP contribution < -0.4 is 4.90 Å². The lowest BCUT2D eigenvalue weighted by Crippen LogP contribution is -2.44. The first-order valence-electron chi connectivity index (χ1n) is 11.9. The Morgan fingerprint density at radius 3 is 2.63 bits per heavy atom. The van der Waals surface area contributed by atoms with Crippen molar-refractivity contribution >= 4 is 27.8 Å². The quantitative estimate of drug-likeness (QED) is 0.409. The van der Waals surface area contributed by atoms with Crippen molar-refractivity contribution in [1.82, 2.24) is 39.9 Å². The number of anilines is 1. The highest BCUT2D eigenvalue weighted by atomic mass is 15.2. The molecule has 5 aromatic rings. The molecule has 1 saturated heterocycles. The fraction of sp³-hybridized carbons (Fsp3) is 0.308. The summed E-state index contributed by atoms with van der Waals surface area (Å²) in [4.78, 5) is 24.3. The predicted octanol–water partition coefficient (Wildman–Crippen LogP) is 3.38. The van der Waals surface area contributed by atoms with Crippen LogP contribution in [0.25, 0.3) is 44.7 Å². The van der Waals surface area contributed by atoms with Crippen LogP contribution in [0, 0.1) is 0 Å². The summed E-state index contributed by atoms with van der Waals surface area (Å²) in [6, 6.07) is 10.7. The number of imidazole rings is 1. The third kappa shape index (κ3) is 4.24. The predicted molar refractivity (Wildman–Crippen MR) is 139 cm³/mol. The molecule has 9 heteroatoms. The molecule has 0 unspecified atom stereocenters. The zero-order valence-electron chi connectivity index (χ0n) is 20.3. The fourth-order valence-corrected chi connectivity index (χ4v) is 4.71. The zero-order chi connectivity index (χ0) is 23.9. The third-order valence-corrected chi connectivity index (χ3v) is 6.60. The van der Waals surface area contributed by atoms with Crippen LogP contribution in [0.2, 0.25) is 0 Å². The summed E-state index contributed by atoms with van der Waals surface area (Å²) in [6.07, 6.45) is 5.65. The number of rotatable bonds is 5. The molecule has 0 amide bonds. The van der Waals surface area contributed by atoms with Crippen molar-refractivity contribution in [3.05, 3.63) is 54.5 Å². The van der Waals surface area contributed by atoms with Gasteiger partial charge in [-0.2, -0.15) is 5.10 Å². The smallest absolute Gasteiger partial charge is 0.159 e. The van der Waals surface area contributed by atoms with Crippen LogP contribution in [0.1, 0.15) is 5.56 Å². The van der Waals surface area contributed by atoms with Gasteiger partial charge in [0.05, 0.1) is 16.4 Å². The van der Waals surface area contributed by atoms with Gasteiger partial charge in [0, 0.05) is 68.1 Å². The van der Waals surface area contributed by atoms with Gasteiger partial charge in [-0.3, -0.25) is 10.1 Å². The van der Waals surface area contributed by atoms with E-state index in [1.54, 1.807) is 0 Å². The Kier molecular flexibility index (Phi) is 5.43. The van der Waals surface area contributed by atoms with Crippen LogP contribution in [0.5, 0.6) is 0 Å². The molecule has 35 heavy (non-hydrogen) atoms. The SMILES string of the molecule is CN(C)Cc1cncc(-c2cnc3[nH]nc(-c4nc5cc(N6CCN(C)CC6)ccc5[nH]4)c3c2)c1. The summed E-state index contributed by atoms with van der Waals surface area (Å²) in [7, 11) is 6.28. The maximum absolute atomic E-state index is 4.90. The van der Waals surface area contributed by atoms with Gasteiger partial charge in [-0.25, -0.2) is 9.97 Å². The third-order valence-electron chi connectivity index (χ3n) is 6.60.